The van der Waals surface area contributed by atoms with Crippen LogP contribution in [0.1, 0.15) is 22.4 Å². The van der Waals surface area contributed by atoms with Crippen LogP contribution in [0, 0.1) is 5.82 Å². The van der Waals surface area contributed by atoms with Crippen LogP contribution >= 0.6 is 0 Å². The highest BCUT2D eigenvalue weighted by Crippen LogP contribution is 2.31. The van der Waals surface area contributed by atoms with E-state index in [1.807, 2.05) is 42.6 Å². The summed E-state index contributed by atoms with van der Waals surface area (Å²) in [5.41, 5.74) is 7.85. The van der Waals surface area contributed by atoms with E-state index in [4.69, 9.17) is 14.7 Å². The summed E-state index contributed by atoms with van der Waals surface area (Å²) in [5.74, 6) is 1.08. The van der Waals surface area contributed by atoms with Crippen LogP contribution in [0.3, 0.4) is 0 Å². The molecule has 1 aliphatic rings. The van der Waals surface area contributed by atoms with Crippen molar-refractivity contribution in [1.29, 1.82) is 0 Å². The van der Waals surface area contributed by atoms with Crippen LogP contribution < -0.4 is 5.32 Å². The number of benzene rings is 2. The monoisotopic (exact) mass is 478 g/mol. The van der Waals surface area contributed by atoms with Crippen molar-refractivity contribution < 1.29 is 9.13 Å². The molecule has 1 aliphatic heterocycles. The molecule has 5 aromatic rings. The van der Waals surface area contributed by atoms with Gasteiger partial charge < -0.3 is 10.1 Å². The van der Waals surface area contributed by atoms with Gasteiger partial charge in [0.2, 0.25) is 0 Å². The first-order valence-corrected chi connectivity index (χ1v) is 11.7. The Kier molecular flexibility index (Phi) is 5.93. The lowest BCUT2D eigenvalue weighted by molar-refractivity contribution is 0.133. The second-order valence-electron chi connectivity index (χ2n) is 8.71. The Morgan fingerprint density at radius 3 is 2.58 bits per heavy atom. The number of nitrogens with one attached hydrogen (secondary N) is 2. The number of hydrogen-bond donors (Lipinski definition) is 2. The average molecular weight is 479 g/mol. The highest BCUT2D eigenvalue weighted by atomic mass is 19.1. The Labute approximate surface area is 207 Å². The summed E-state index contributed by atoms with van der Waals surface area (Å²) in [6.45, 7) is 0.942. The predicted octanol–water partition coefficient (Wildman–Crippen LogP) is 5.63. The van der Waals surface area contributed by atoms with Gasteiger partial charge in [0, 0.05) is 34.8 Å². The van der Waals surface area contributed by atoms with Gasteiger partial charge in [-0.1, -0.05) is 30.3 Å². The second-order valence-corrected chi connectivity index (χ2v) is 8.71. The Hall–Kier alpha value is -4.43. The summed E-state index contributed by atoms with van der Waals surface area (Å²) in [6.07, 6.45) is 8.06. The van der Waals surface area contributed by atoms with Gasteiger partial charge in [-0.2, -0.15) is 5.10 Å². The van der Waals surface area contributed by atoms with Crippen molar-refractivity contribution in [2.75, 3.05) is 5.32 Å². The average Bonchev–Trinajstić information content (AvgIpc) is 3.61. The number of nitrogens with zero attached hydrogens (tertiary/aromatic N) is 4. The van der Waals surface area contributed by atoms with Gasteiger partial charge in [0.1, 0.15) is 11.6 Å². The van der Waals surface area contributed by atoms with E-state index in [0.717, 1.165) is 57.0 Å². The molecule has 0 spiro atoms. The quantitative estimate of drug-likeness (QED) is 0.315. The number of rotatable bonds is 7. The van der Waals surface area contributed by atoms with Crippen molar-refractivity contribution in [3.05, 3.63) is 108 Å². The zero-order valence-corrected chi connectivity index (χ0v) is 19.4. The summed E-state index contributed by atoms with van der Waals surface area (Å²) in [5, 5.41) is 10.3. The minimum atomic E-state index is -0.314. The smallest absolute Gasteiger partial charge is 0.161 e. The Morgan fingerprint density at radius 2 is 1.75 bits per heavy atom. The van der Waals surface area contributed by atoms with Crippen molar-refractivity contribution in [2.24, 2.45) is 0 Å². The Balaban J connectivity index is 1.25. The molecule has 0 saturated heterocycles. The molecule has 3 aromatic heterocycles. The molecule has 0 saturated carbocycles. The Morgan fingerprint density at radius 1 is 0.861 bits per heavy atom. The van der Waals surface area contributed by atoms with E-state index in [-0.39, 0.29) is 5.82 Å². The third-order valence-corrected chi connectivity index (χ3v) is 6.21. The normalized spacial score (nSPS) is 12.5. The largest absolute Gasteiger partial charge is 0.370 e. The molecule has 0 radical (unpaired) electrons. The van der Waals surface area contributed by atoms with Gasteiger partial charge in [-0.25, -0.2) is 14.4 Å². The number of aryl methyl sites for hydroxylation is 2. The van der Waals surface area contributed by atoms with Crippen molar-refractivity contribution >= 4 is 11.5 Å². The summed E-state index contributed by atoms with van der Waals surface area (Å²) < 4.78 is 19.2. The van der Waals surface area contributed by atoms with E-state index < -0.39 is 0 Å². The van der Waals surface area contributed by atoms with Crippen LogP contribution in [0.15, 0.2) is 79.4 Å². The number of aromatic amines is 1. The molecule has 4 heterocycles. The molecule has 2 N–H and O–H groups in total. The zero-order valence-electron chi connectivity index (χ0n) is 19.4. The second kappa shape index (κ2) is 9.67. The van der Waals surface area contributed by atoms with Gasteiger partial charge in [-0.3, -0.25) is 10.1 Å². The van der Waals surface area contributed by atoms with Gasteiger partial charge in [0.05, 0.1) is 31.3 Å². The highest BCUT2D eigenvalue weighted by molar-refractivity contribution is 5.69. The van der Waals surface area contributed by atoms with Crippen molar-refractivity contribution in [3.63, 3.8) is 0 Å². The van der Waals surface area contributed by atoms with Gasteiger partial charge in [0.25, 0.3) is 0 Å². The van der Waals surface area contributed by atoms with Crippen LogP contribution in [0.25, 0.3) is 22.5 Å². The van der Waals surface area contributed by atoms with E-state index in [2.05, 4.69) is 32.6 Å². The molecule has 0 fully saturated rings. The van der Waals surface area contributed by atoms with Gasteiger partial charge in [0.15, 0.2) is 5.82 Å². The number of ether oxygens (including phenoxy) is 1. The fourth-order valence-corrected chi connectivity index (χ4v) is 4.32. The highest BCUT2D eigenvalue weighted by Gasteiger charge is 2.21. The Bertz CT molecular complexity index is 1500. The maximum atomic E-state index is 13.5. The molecule has 8 heteroatoms. The number of fused-ring (bicyclic) bond motifs is 1. The number of anilines is 2. The molecule has 36 heavy (non-hydrogen) atoms. The van der Waals surface area contributed by atoms with Crippen LogP contribution in [-0.2, 0) is 30.8 Å². The van der Waals surface area contributed by atoms with Crippen LogP contribution in [0.4, 0.5) is 15.9 Å². The lowest BCUT2D eigenvalue weighted by Gasteiger charge is -2.12. The topological polar surface area (TPSA) is 88.6 Å². The van der Waals surface area contributed by atoms with Crippen LogP contribution in [0.2, 0.25) is 0 Å². The molecule has 0 bridgehead atoms. The number of pyridine rings is 1. The molecule has 0 atom stereocenters. The molecular weight excluding hydrogens is 455 g/mol. The number of halogens is 1. The first-order valence-electron chi connectivity index (χ1n) is 11.7. The minimum Gasteiger partial charge on any atom is -0.370 e. The third-order valence-electron chi connectivity index (χ3n) is 6.21. The fourth-order valence-electron chi connectivity index (χ4n) is 4.32. The van der Waals surface area contributed by atoms with E-state index >= 15 is 0 Å². The number of hydrogen-bond acceptors (Lipinski definition) is 6. The minimum absolute atomic E-state index is 0.314. The maximum absolute atomic E-state index is 13.5. The molecule has 0 unspecified atom stereocenters. The predicted molar refractivity (Wildman–Crippen MR) is 135 cm³/mol. The fraction of sp³-hybridized carbons (Fsp3) is 0.143. The van der Waals surface area contributed by atoms with E-state index in [1.165, 1.54) is 12.3 Å². The molecule has 0 aliphatic carbocycles. The van der Waals surface area contributed by atoms with E-state index in [0.29, 0.717) is 25.5 Å². The van der Waals surface area contributed by atoms with Crippen molar-refractivity contribution in [1.82, 2.24) is 25.1 Å². The van der Waals surface area contributed by atoms with Crippen molar-refractivity contribution in [3.8, 4) is 22.5 Å². The summed E-state index contributed by atoms with van der Waals surface area (Å²) in [7, 11) is 0. The molecule has 2 aromatic carbocycles. The molecule has 178 valence electrons. The number of aromatic nitrogens is 5. The van der Waals surface area contributed by atoms with Crippen LogP contribution in [-0.4, -0.2) is 25.1 Å². The molecule has 7 nitrogen and oxygen atoms in total. The first kappa shape index (κ1) is 22.1. The van der Waals surface area contributed by atoms with Gasteiger partial charge in [-0.05, 0) is 53.8 Å². The lowest BCUT2D eigenvalue weighted by atomic mass is 10.0. The first-order chi connectivity index (χ1) is 17.7. The summed E-state index contributed by atoms with van der Waals surface area (Å²) in [4.78, 5) is 13.6. The van der Waals surface area contributed by atoms with Gasteiger partial charge in [-0.15, -0.1) is 0 Å². The summed E-state index contributed by atoms with van der Waals surface area (Å²) >= 11 is 0. The third kappa shape index (κ3) is 4.71. The number of H-pyrrole nitrogens is 1. The molecular formula is C28H23FN6O. The maximum Gasteiger partial charge on any atom is 0.161 e. The summed E-state index contributed by atoms with van der Waals surface area (Å²) in [6, 6.07) is 17.8. The zero-order chi connectivity index (χ0) is 24.3. The van der Waals surface area contributed by atoms with Gasteiger partial charge >= 0.3 is 0 Å². The molecule has 0 amide bonds. The van der Waals surface area contributed by atoms with E-state index in [9.17, 15) is 4.39 Å². The SMILES string of the molecule is Fc1cncc(CCc2cccc(-c3nc4c(c(Nc5ccc(-c6cn[nH]c6)cc5)n3)COC4)c2)c1. The standard InChI is InChI=1S/C28H23FN6O/c29-23-11-19(12-30-15-23)5-4-18-2-1-3-21(10-18)27-34-26-17-36-16-25(26)28(35-27)33-24-8-6-20(7-9-24)22-13-31-32-14-22/h1-3,6-15H,4-5,16-17H2,(H,31,32)(H,33,34,35). The van der Waals surface area contributed by atoms with Crippen LogP contribution in [0.5, 0.6) is 0 Å². The molecule has 6 rings (SSSR count). The lowest BCUT2D eigenvalue weighted by Crippen LogP contribution is -2.04. The van der Waals surface area contributed by atoms with E-state index in [1.54, 1.807) is 12.4 Å². The van der Waals surface area contributed by atoms with Crippen molar-refractivity contribution in [2.45, 2.75) is 26.1 Å².